The second-order valence-corrected chi connectivity index (χ2v) is 2.09. The quantitative estimate of drug-likeness (QED) is 0.599. The second-order valence-electron chi connectivity index (χ2n) is 1.56. The molecule has 0 saturated carbocycles. The predicted octanol–water partition coefficient (Wildman–Crippen LogP) is -0.0546. The first kappa shape index (κ1) is 6.15. The van der Waals surface area contributed by atoms with Crippen LogP contribution in [0.1, 0.15) is 16.2 Å². The first-order valence-electron chi connectivity index (χ1n) is 2.31. The predicted molar refractivity (Wildman–Crippen MR) is 33.2 cm³/mol. The highest BCUT2D eigenvalue weighted by Crippen LogP contribution is 2.01. The Morgan fingerprint density at radius 2 is 2.33 bits per heavy atom. The lowest BCUT2D eigenvalue weighted by Gasteiger charge is -1.83. The van der Waals surface area contributed by atoms with E-state index in [1.165, 1.54) is 0 Å². The molecule has 0 unspecified atom stereocenters. The topological polar surface area (TPSA) is 68.9 Å². The molecule has 0 bridgehead atoms. The first-order chi connectivity index (χ1) is 4.22. The number of hydrogen-bond acceptors (Lipinski definition) is 4. The van der Waals surface area contributed by atoms with Crippen LogP contribution >= 0.6 is 11.7 Å². The minimum absolute atomic E-state index is 0.278. The summed E-state index contributed by atoms with van der Waals surface area (Å²) >= 11 is 0.994. The van der Waals surface area contributed by atoms with Gasteiger partial charge >= 0.3 is 0 Å². The van der Waals surface area contributed by atoms with Gasteiger partial charge in [0, 0.05) is 0 Å². The maximum Gasteiger partial charge on any atom is 0.270 e. The Morgan fingerprint density at radius 3 is 2.56 bits per heavy atom. The van der Waals surface area contributed by atoms with E-state index in [1.54, 1.807) is 6.92 Å². The standard InChI is InChI=1S/C4H5N3OS/c1-2-3(4(5)8)7-9-6-2/h1H3,(H2,5,8). The molecule has 0 saturated heterocycles. The number of nitrogens with two attached hydrogens (primary N) is 1. The van der Waals surface area contributed by atoms with Gasteiger partial charge in [-0.3, -0.25) is 4.79 Å². The van der Waals surface area contributed by atoms with Crippen LogP contribution in [0.3, 0.4) is 0 Å². The SMILES string of the molecule is Cc1nsnc1C(N)=O. The zero-order valence-electron chi connectivity index (χ0n) is 4.79. The summed E-state index contributed by atoms with van der Waals surface area (Å²) in [5.74, 6) is -0.513. The van der Waals surface area contributed by atoms with Crippen molar-refractivity contribution in [1.82, 2.24) is 8.75 Å². The average Bonchev–Trinajstić information content (AvgIpc) is 2.13. The number of primary amides is 1. The highest BCUT2D eigenvalue weighted by Gasteiger charge is 2.07. The van der Waals surface area contributed by atoms with Crippen LogP contribution in [-0.4, -0.2) is 14.7 Å². The monoisotopic (exact) mass is 143 g/mol. The van der Waals surface area contributed by atoms with E-state index in [0.29, 0.717) is 5.69 Å². The molecule has 0 aliphatic heterocycles. The van der Waals surface area contributed by atoms with E-state index >= 15 is 0 Å². The van der Waals surface area contributed by atoms with Gasteiger partial charge < -0.3 is 5.73 Å². The van der Waals surface area contributed by atoms with Crippen molar-refractivity contribution in [2.75, 3.05) is 0 Å². The third-order valence-corrected chi connectivity index (χ3v) is 1.51. The minimum Gasteiger partial charge on any atom is -0.364 e. The molecule has 48 valence electrons. The lowest BCUT2D eigenvalue weighted by Crippen LogP contribution is -2.12. The molecule has 1 rings (SSSR count). The van der Waals surface area contributed by atoms with Crippen LogP contribution in [0.4, 0.5) is 0 Å². The molecule has 1 aromatic heterocycles. The van der Waals surface area contributed by atoms with Crippen LogP contribution in [-0.2, 0) is 0 Å². The number of rotatable bonds is 1. The Hall–Kier alpha value is -0.970. The Kier molecular flexibility index (Phi) is 1.44. The molecule has 0 aliphatic rings. The number of hydrogen-bond donors (Lipinski definition) is 1. The molecule has 0 atom stereocenters. The Balaban J connectivity index is 3.08. The van der Waals surface area contributed by atoms with Gasteiger partial charge in [-0.2, -0.15) is 8.75 Å². The van der Waals surface area contributed by atoms with E-state index in [4.69, 9.17) is 5.73 Å². The van der Waals surface area contributed by atoms with Crippen molar-refractivity contribution < 1.29 is 4.79 Å². The third kappa shape index (κ3) is 1.05. The lowest BCUT2D eigenvalue weighted by atomic mass is 10.3. The fraction of sp³-hybridized carbons (Fsp3) is 0.250. The summed E-state index contributed by atoms with van der Waals surface area (Å²) in [6.45, 7) is 1.70. The summed E-state index contributed by atoms with van der Waals surface area (Å²) in [4.78, 5) is 10.4. The molecule has 5 heteroatoms. The van der Waals surface area contributed by atoms with Gasteiger partial charge in [-0.1, -0.05) is 0 Å². The molecule has 9 heavy (non-hydrogen) atoms. The number of nitrogens with zero attached hydrogens (tertiary/aromatic N) is 2. The maximum atomic E-state index is 10.4. The zero-order valence-corrected chi connectivity index (χ0v) is 5.60. The lowest BCUT2D eigenvalue weighted by molar-refractivity contribution is 0.0996. The van der Waals surface area contributed by atoms with Gasteiger partial charge in [0.05, 0.1) is 17.4 Å². The molecule has 0 radical (unpaired) electrons. The van der Waals surface area contributed by atoms with Crippen LogP contribution in [0.2, 0.25) is 0 Å². The van der Waals surface area contributed by atoms with Crippen molar-refractivity contribution in [3.63, 3.8) is 0 Å². The Morgan fingerprint density at radius 1 is 1.67 bits per heavy atom. The molecule has 4 nitrogen and oxygen atoms in total. The Bertz CT molecular complexity index is 231. The fourth-order valence-corrected chi connectivity index (χ4v) is 1.01. The van der Waals surface area contributed by atoms with Gasteiger partial charge in [-0.05, 0) is 6.92 Å². The third-order valence-electron chi connectivity index (χ3n) is 0.886. The van der Waals surface area contributed by atoms with Crippen molar-refractivity contribution >= 4 is 17.6 Å². The van der Waals surface area contributed by atoms with Crippen LogP contribution in [0.5, 0.6) is 0 Å². The Labute approximate surface area is 56.0 Å². The van der Waals surface area contributed by atoms with Gasteiger partial charge in [0.2, 0.25) is 0 Å². The summed E-state index contributed by atoms with van der Waals surface area (Å²) < 4.78 is 7.44. The van der Waals surface area contributed by atoms with E-state index in [0.717, 1.165) is 11.7 Å². The average molecular weight is 143 g/mol. The largest absolute Gasteiger partial charge is 0.364 e. The molecule has 1 heterocycles. The van der Waals surface area contributed by atoms with E-state index in [9.17, 15) is 4.79 Å². The van der Waals surface area contributed by atoms with Crippen molar-refractivity contribution in [3.05, 3.63) is 11.4 Å². The van der Waals surface area contributed by atoms with Crippen LogP contribution in [0.15, 0.2) is 0 Å². The maximum absolute atomic E-state index is 10.4. The normalized spacial score (nSPS) is 9.44. The smallest absolute Gasteiger partial charge is 0.270 e. The fourth-order valence-electron chi connectivity index (χ4n) is 0.455. The van der Waals surface area contributed by atoms with E-state index in [2.05, 4.69) is 8.75 Å². The van der Waals surface area contributed by atoms with Gasteiger partial charge in [-0.25, -0.2) is 0 Å². The van der Waals surface area contributed by atoms with Gasteiger partial charge in [0.1, 0.15) is 0 Å². The molecular formula is C4H5N3OS. The van der Waals surface area contributed by atoms with Crippen LogP contribution in [0, 0.1) is 6.92 Å². The highest BCUT2D eigenvalue weighted by atomic mass is 32.1. The molecule has 1 aromatic rings. The number of aryl methyl sites for hydroxylation is 1. The summed E-state index contributed by atoms with van der Waals surface area (Å²) in [5, 5.41) is 0. The number of carbonyl (C=O) groups excluding carboxylic acids is 1. The number of carbonyl (C=O) groups is 1. The van der Waals surface area contributed by atoms with Crippen molar-refractivity contribution in [2.24, 2.45) is 5.73 Å². The van der Waals surface area contributed by atoms with Gasteiger partial charge in [0.15, 0.2) is 5.69 Å². The van der Waals surface area contributed by atoms with Crippen molar-refractivity contribution in [2.45, 2.75) is 6.92 Å². The number of amides is 1. The first-order valence-corrected chi connectivity index (χ1v) is 3.04. The number of aromatic nitrogens is 2. The van der Waals surface area contributed by atoms with Crippen LogP contribution in [0.25, 0.3) is 0 Å². The second kappa shape index (κ2) is 2.10. The van der Waals surface area contributed by atoms with Gasteiger partial charge in [-0.15, -0.1) is 0 Å². The summed E-state index contributed by atoms with van der Waals surface area (Å²) in [7, 11) is 0. The van der Waals surface area contributed by atoms with Crippen molar-refractivity contribution in [3.8, 4) is 0 Å². The molecule has 0 spiro atoms. The highest BCUT2D eigenvalue weighted by molar-refractivity contribution is 6.99. The summed E-state index contributed by atoms with van der Waals surface area (Å²) in [6.07, 6.45) is 0. The van der Waals surface area contributed by atoms with E-state index < -0.39 is 5.91 Å². The van der Waals surface area contributed by atoms with E-state index in [-0.39, 0.29) is 5.69 Å². The zero-order chi connectivity index (χ0) is 6.85. The molecule has 0 aliphatic carbocycles. The van der Waals surface area contributed by atoms with Crippen molar-refractivity contribution in [1.29, 1.82) is 0 Å². The molecule has 0 fully saturated rings. The van der Waals surface area contributed by atoms with Gasteiger partial charge in [0.25, 0.3) is 5.91 Å². The molecule has 1 amide bonds. The minimum atomic E-state index is -0.513. The summed E-state index contributed by atoms with van der Waals surface area (Å²) in [6, 6.07) is 0. The molecule has 2 N–H and O–H groups in total. The van der Waals surface area contributed by atoms with E-state index in [1.807, 2.05) is 0 Å². The molecule has 0 aromatic carbocycles. The summed E-state index contributed by atoms with van der Waals surface area (Å²) in [5.41, 5.74) is 5.81. The molecular weight excluding hydrogens is 138 g/mol. The van der Waals surface area contributed by atoms with Crippen LogP contribution < -0.4 is 5.73 Å².